The first-order valence-corrected chi connectivity index (χ1v) is 15.0. The fourth-order valence-electron chi connectivity index (χ4n) is 4.02. The zero-order valence-electron chi connectivity index (χ0n) is 23.4. The Morgan fingerprint density at radius 3 is 2.35 bits per heavy atom. The number of rotatable bonds is 11. The predicted molar refractivity (Wildman–Crippen MR) is 175 cm³/mol. The number of nitrogens with one attached hydrogen (secondary N) is 3. The number of carbonyl (C=O) groups excluding carboxylic acids is 3. The van der Waals surface area contributed by atoms with Crippen molar-refractivity contribution < 1.29 is 19.1 Å². The molecule has 0 spiro atoms. The van der Waals surface area contributed by atoms with Gasteiger partial charge in [-0.1, -0.05) is 78.7 Å². The summed E-state index contributed by atoms with van der Waals surface area (Å²) < 4.78 is 5.34. The van der Waals surface area contributed by atoms with Gasteiger partial charge in [-0.2, -0.15) is 0 Å². The van der Waals surface area contributed by atoms with Crippen LogP contribution in [0.5, 0.6) is 5.75 Å². The number of benzene rings is 4. The van der Waals surface area contributed by atoms with E-state index in [1.165, 1.54) is 17.8 Å². The fraction of sp³-hybridized carbons (Fsp3) is 0.121. The second-order valence-corrected chi connectivity index (χ2v) is 11.3. The van der Waals surface area contributed by atoms with Gasteiger partial charge in [-0.05, 0) is 66.6 Å². The van der Waals surface area contributed by atoms with E-state index in [-0.39, 0.29) is 16.6 Å². The van der Waals surface area contributed by atoms with Crippen molar-refractivity contribution >= 4 is 70.1 Å². The van der Waals surface area contributed by atoms with Gasteiger partial charge in [0.05, 0.1) is 28.1 Å². The Balaban J connectivity index is 1.53. The molecular formula is C33H29Cl2N3O4S. The van der Waals surface area contributed by atoms with Gasteiger partial charge in [0.2, 0.25) is 5.91 Å². The molecule has 4 aromatic carbocycles. The highest BCUT2D eigenvalue weighted by Crippen LogP contribution is 2.31. The summed E-state index contributed by atoms with van der Waals surface area (Å²) in [7, 11) is 1.55. The molecule has 1 unspecified atom stereocenters. The lowest BCUT2D eigenvalue weighted by molar-refractivity contribution is -0.116. The van der Waals surface area contributed by atoms with E-state index in [1.807, 2.05) is 25.1 Å². The molecule has 0 fully saturated rings. The van der Waals surface area contributed by atoms with Gasteiger partial charge in [0, 0.05) is 16.1 Å². The molecule has 0 heterocycles. The largest absolute Gasteiger partial charge is 0.495 e. The summed E-state index contributed by atoms with van der Waals surface area (Å²) in [4.78, 5) is 40.3. The molecule has 3 N–H and O–H groups in total. The number of methoxy groups -OCH3 is 1. The zero-order chi connectivity index (χ0) is 30.8. The molecule has 3 amide bonds. The average Bonchev–Trinajstić information content (AvgIpc) is 3.02. The third-order valence-corrected chi connectivity index (χ3v) is 8.40. The molecule has 0 radical (unpaired) electrons. The minimum Gasteiger partial charge on any atom is -0.495 e. The van der Waals surface area contributed by atoms with Crippen molar-refractivity contribution in [2.45, 2.75) is 23.5 Å². The molecule has 1 atom stereocenters. The number of halogens is 2. The third-order valence-electron chi connectivity index (χ3n) is 6.21. The minimum absolute atomic E-state index is 0.0290. The maximum Gasteiger partial charge on any atom is 0.272 e. The van der Waals surface area contributed by atoms with Crippen molar-refractivity contribution in [1.82, 2.24) is 5.32 Å². The molecule has 220 valence electrons. The molecular weight excluding hydrogens is 605 g/mol. The average molecular weight is 635 g/mol. The van der Waals surface area contributed by atoms with Crippen LogP contribution in [0.3, 0.4) is 0 Å². The van der Waals surface area contributed by atoms with Crippen molar-refractivity contribution in [2.75, 3.05) is 17.7 Å². The zero-order valence-corrected chi connectivity index (χ0v) is 25.7. The lowest BCUT2D eigenvalue weighted by Crippen LogP contribution is -2.30. The second kappa shape index (κ2) is 15.3. The molecule has 0 aliphatic rings. The Bertz CT molecular complexity index is 1650. The molecule has 0 saturated carbocycles. The molecule has 7 nitrogen and oxygen atoms in total. The van der Waals surface area contributed by atoms with Crippen LogP contribution in [0.25, 0.3) is 6.08 Å². The molecule has 10 heteroatoms. The van der Waals surface area contributed by atoms with Gasteiger partial charge in [0.15, 0.2) is 0 Å². The van der Waals surface area contributed by atoms with E-state index in [4.69, 9.17) is 27.9 Å². The van der Waals surface area contributed by atoms with Crippen molar-refractivity contribution in [1.29, 1.82) is 0 Å². The Morgan fingerprint density at radius 2 is 1.60 bits per heavy atom. The first kappa shape index (κ1) is 31.7. The Hall–Kier alpha value is -4.24. The van der Waals surface area contributed by atoms with Crippen LogP contribution >= 0.6 is 35.0 Å². The van der Waals surface area contributed by atoms with Gasteiger partial charge < -0.3 is 20.7 Å². The smallest absolute Gasteiger partial charge is 0.272 e. The Labute approximate surface area is 264 Å². The van der Waals surface area contributed by atoms with Crippen LogP contribution < -0.4 is 20.7 Å². The Morgan fingerprint density at radius 1 is 0.884 bits per heavy atom. The second-order valence-electron chi connectivity index (χ2n) is 9.21. The van der Waals surface area contributed by atoms with Gasteiger partial charge in [0.1, 0.15) is 11.4 Å². The quantitative estimate of drug-likeness (QED) is 0.115. The number of ether oxygens (including phenoxy) is 1. The lowest BCUT2D eigenvalue weighted by atomic mass is 10.1. The highest BCUT2D eigenvalue weighted by molar-refractivity contribution is 8.00. The van der Waals surface area contributed by atoms with Gasteiger partial charge in [-0.15, -0.1) is 11.8 Å². The number of anilines is 2. The minimum atomic E-state index is -0.566. The number of thioether (sulfide) groups is 1. The first-order chi connectivity index (χ1) is 20.8. The van der Waals surface area contributed by atoms with Crippen molar-refractivity contribution in [2.24, 2.45) is 0 Å². The molecule has 0 aliphatic heterocycles. The molecule has 0 aliphatic carbocycles. The highest BCUT2D eigenvalue weighted by atomic mass is 35.5. The van der Waals surface area contributed by atoms with Crippen molar-refractivity contribution in [3.05, 3.63) is 124 Å². The van der Waals surface area contributed by atoms with Gasteiger partial charge in [-0.25, -0.2) is 0 Å². The number of hydrogen-bond acceptors (Lipinski definition) is 5. The summed E-state index contributed by atoms with van der Waals surface area (Å²) in [5.41, 5.74) is 1.88. The number of carbonyl (C=O) groups is 3. The van der Waals surface area contributed by atoms with E-state index in [0.29, 0.717) is 39.7 Å². The van der Waals surface area contributed by atoms with Crippen LogP contribution in [-0.4, -0.2) is 30.1 Å². The fourth-order valence-corrected chi connectivity index (χ4v) is 5.40. The Kier molecular flexibility index (Phi) is 11.3. The summed E-state index contributed by atoms with van der Waals surface area (Å²) >= 11 is 13.9. The molecule has 4 aromatic rings. The van der Waals surface area contributed by atoms with Gasteiger partial charge in [-0.3, -0.25) is 14.4 Å². The van der Waals surface area contributed by atoms with Gasteiger partial charge in [0.25, 0.3) is 11.8 Å². The molecule has 0 saturated heterocycles. The van der Waals surface area contributed by atoms with Crippen molar-refractivity contribution in [3.8, 4) is 5.75 Å². The molecule has 0 aromatic heterocycles. The van der Waals surface area contributed by atoms with E-state index in [0.717, 1.165) is 4.90 Å². The SMILES string of the molecule is CCC(Sc1cccc(NC(=O)/C(=C\c2cccc(Cl)c2Cl)NC(=O)c2ccccc2)c1)C(=O)Nc1ccccc1OC. The molecule has 0 bridgehead atoms. The maximum atomic E-state index is 13.5. The summed E-state index contributed by atoms with van der Waals surface area (Å²) in [5.74, 6) is -0.624. The van der Waals surface area contributed by atoms with Gasteiger partial charge >= 0.3 is 0 Å². The van der Waals surface area contributed by atoms with E-state index < -0.39 is 17.1 Å². The van der Waals surface area contributed by atoms with E-state index >= 15 is 0 Å². The third kappa shape index (κ3) is 8.64. The number of hydrogen-bond donors (Lipinski definition) is 3. The highest BCUT2D eigenvalue weighted by Gasteiger charge is 2.20. The van der Waals surface area contributed by atoms with Crippen LogP contribution in [0.2, 0.25) is 10.0 Å². The summed E-state index contributed by atoms with van der Waals surface area (Å²) in [6, 6.07) is 27.9. The summed E-state index contributed by atoms with van der Waals surface area (Å²) in [6.07, 6.45) is 2.04. The number of amides is 3. The van der Waals surface area contributed by atoms with E-state index in [2.05, 4.69) is 16.0 Å². The normalized spacial score (nSPS) is 11.8. The lowest BCUT2D eigenvalue weighted by Gasteiger charge is -2.17. The summed E-state index contributed by atoms with van der Waals surface area (Å²) in [5, 5.41) is 8.63. The monoisotopic (exact) mass is 633 g/mol. The van der Waals surface area contributed by atoms with Crippen LogP contribution in [0.4, 0.5) is 11.4 Å². The molecule has 4 rings (SSSR count). The number of para-hydroxylation sites is 2. The first-order valence-electron chi connectivity index (χ1n) is 13.3. The van der Waals surface area contributed by atoms with E-state index in [1.54, 1.807) is 86.0 Å². The molecule has 43 heavy (non-hydrogen) atoms. The van der Waals surface area contributed by atoms with Crippen LogP contribution in [0, 0.1) is 0 Å². The van der Waals surface area contributed by atoms with E-state index in [9.17, 15) is 14.4 Å². The predicted octanol–water partition coefficient (Wildman–Crippen LogP) is 7.92. The standard InChI is InChI=1S/C33H29Cl2N3O4S/c1-3-29(33(41)37-26-17-7-8-18-28(26)42-2)43-24-15-10-14-23(20-24)36-32(40)27(19-22-13-9-16-25(34)30(22)35)38-31(39)21-11-5-4-6-12-21/h4-20,29H,3H2,1-2H3,(H,36,40)(H,37,41)(H,38,39)/b27-19+. The van der Waals surface area contributed by atoms with Crippen LogP contribution in [0.15, 0.2) is 108 Å². The van der Waals surface area contributed by atoms with Crippen molar-refractivity contribution in [3.63, 3.8) is 0 Å². The van der Waals surface area contributed by atoms with Crippen LogP contribution in [-0.2, 0) is 9.59 Å². The maximum absolute atomic E-state index is 13.5. The topological polar surface area (TPSA) is 96.5 Å². The van der Waals surface area contributed by atoms with Crippen LogP contribution in [0.1, 0.15) is 29.3 Å². The summed E-state index contributed by atoms with van der Waals surface area (Å²) in [6.45, 7) is 1.93.